The van der Waals surface area contributed by atoms with Gasteiger partial charge in [0, 0.05) is 12.8 Å². The van der Waals surface area contributed by atoms with E-state index in [4.69, 9.17) is 0 Å². The third-order valence-corrected chi connectivity index (χ3v) is 3.80. The highest BCUT2D eigenvalue weighted by molar-refractivity contribution is 5.82. The molecule has 3 nitrogen and oxygen atoms in total. The molecule has 1 rings (SSSR count). The molecule has 0 saturated heterocycles. The van der Waals surface area contributed by atoms with Crippen molar-refractivity contribution in [3.05, 3.63) is 0 Å². The molecule has 0 amide bonds. The van der Waals surface area contributed by atoms with Gasteiger partial charge in [-0.25, -0.2) is 0 Å². The molecule has 0 aromatic carbocycles. The SMILES string of the molecule is COC(=O)CCC(=O)CCC1CCC(C)CC1. The van der Waals surface area contributed by atoms with Crippen LogP contribution in [0.25, 0.3) is 0 Å². The zero-order chi connectivity index (χ0) is 12.7. The number of hydrogen-bond donors (Lipinski definition) is 0. The third kappa shape index (κ3) is 5.85. The summed E-state index contributed by atoms with van der Waals surface area (Å²) in [6.45, 7) is 2.30. The number of esters is 1. The Kier molecular flexibility index (Phi) is 6.23. The molecule has 0 spiro atoms. The Balaban J connectivity index is 2.09. The van der Waals surface area contributed by atoms with Crippen LogP contribution < -0.4 is 0 Å². The minimum atomic E-state index is -0.287. The van der Waals surface area contributed by atoms with Crippen molar-refractivity contribution in [2.75, 3.05) is 7.11 Å². The molecule has 1 aliphatic rings. The number of hydrogen-bond acceptors (Lipinski definition) is 3. The van der Waals surface area contributed by atoms with E-state index in [1.165, 1.54) is 32.8 Å². The standard InChI is InChI=1S/C14H24O3/c1-11-3-5-12(6-4-11)7-8-13(15)9-10-14(16)17-2/h11-12H,3-10H2,1-2H3. The van der Waals surface area contributed by atoms with Gasteiger partial charge < -0.3 is 4.74 Å². The summed E-state index contributed by atoms with van der Waals surface area (Å²) in [7, 11) is 1.36. The second kappa shape index (κ2) is 7.46. The lowest BCUT2D eigenvalue weighted by Gasteiger charge is -2.25. The maximum absolute atomic E-state index is 11.6. The molecule has 1 saturated carbocycles. The predicted molar refractivity (Wildman–Crippen MR) is 66.6 cm³/mol. The second-order valence-electron chi connectivity index (χ2n) is 5.28. The molecule has 1 fully saturated rings. The molecule has 0 aliphatic heterocycles. The number of Topliss-reactive ketones (excluding diaryl/α,β-unsaturated/α-hetero) is 1. The Morgan fingerprint density at radius 3 is 2.29 bits per heavy atom. The highest BCUT2D eigenvalue weighted by Crippen LogP contribution is 2.31. The Labute approximate surface area is 104 Å². The van der Waals surface area contributed by atoms with E-state index < -0.39 is 0 Å². The minimum absolute atomic E-state index is 0.203. The molecular weight excluding hydrogens is 216 g/mol. The lowest BCUT2D eigenvalue weighted by molar-refractivity contribution is -0.142. The number of ketones is 1. The summed E-state index contributed by atoms with van der Waals surface area (Å²) in [5.41, 5.74) is 0. The monoisotopic (exact) mass is 240 g/mol. The summed E-state index contributed by atoms with van der Waals surface area (Å²) in [6.07, 6.45) is 7.37. The summed E-state index contributed by atoms with van der Waals surface area (Å²) in [4.78, 5) is 22.4. The van der Waals surface area contributed by atoms with Crippen molar-refractivity contribution in [3.63, 3.8) is 0 Å². The Bertz CT molecular complexity index is 252. The Hall–Kier alpha value is -0.860. The van der Waals surface area contributed by atoms with Crippen LogP contribution >= 0.6 is 0 Å². The first kappa shape index (κ1) is 14.2. The normalized spacial score (nSPS) is 24.4. The summed E-state index contributed by atoms with van der Waals surface area (Å²) >= 11 is 0. The lowest BCUT2D eigenvalue weighted by atomic mass is 9.80. The lowest BCUT2D eigenvalue weighted by Crippen LogP contribution is -2.14. The molecule has 0 atom stereocenters. The topological polar surface area (TPSA) is 43.4 Å². The molecule has 0 N–H and O–H groups in total. The zero-order valence-corrected chi connectivity index (χ0v) is 11.0. The summed E-state index contributed by atoms with van der Waals surface area (Å²) in [5, 5.41) is 0. The van der Waals surface area contributed by atoms with Crippen molar-refractivity contribution < 1.29 is 14.3 Å². The van der Waals surface area contributed by atoms with Crippen LogP contribution in [0.1, 0.15) is 58.3 Å². The van der Waals surface area contributed by atoms with Crippen LogP contribution in [-0.2, 0) is 14.3 Å². The number of rotatable bonds is 6. The first-order valence-corrected chi connectivity index (χ1v) is 6.70. The van der Waals surface area contributed by atoms with E-state index in [9.17, 15) is 9.59 Å². The van der Waals surface area contributed by atoms with Crippen LogP contribution in [0.3, 0.4) is 0 Å². The van der Waals surface area contributed by atoms with Gasteiger partial charge in [-0.15, -0.1) is 0 Å². The highest BCUT2D eigenvalue weighted by atomic mass is 16.5. The summed E-state index contributed by atoms with van der Waals surface area (Å²) in [5.74, 6) is 1.51. The largest absolute Gasteiger partial charge is 0.469 e. The maximum atomic E-state index is 11.6. The van der Waals surface area contributed by atoms with E-state index in [-0.39, 0.29) is 18.2 Å². The van der Waals surface area contributed by atoms with Gasteiger partial charge in [0.15, 0.2) is 0 Å². The van der Waals surface area contributed by atoms with Gasteiger partial charge in [-0.3, -0.25) is 9.59 Å². The zero-order valence-electron chi connectivity index (χ0n) is 11.0. The van der Waals surface area contributed by atoms with E-state index in [1.807, 2.05) is 0 Å². The summed E-state index contributed by atoms with van der Waals surface area (Å²) < 4.78 is 4.52. The fraction of sp³-hybridized carbons (Fsp3) is 0.857. The van der Waals surface area contributed by atoms with E-state index in [2.05, 4.69) is 11.7 Å². The number of carbonyl (C=O) groups excluding carboxylic acids is 2. The van der Waals surface area contributed by atoms with Crippen molar-refractivity contribution >= 4 is 11.8 Å². The molecule has 1 aliphatic carbocycles. The number of ether oxygens (including phenoxy) is 1. The van der Waals surface area contributed by atoms with Crippen LogP contribution in [0.2, 0.25) is 0 Å². The second-order valence-corrected chi connectivity index (χ2v) is 5.28. The maximum Gasteiger partial charge on any atom is 0.305 e. The molecule has 0 bridgehead atoms. The van der Waals surface area contributed by atoms with Crippen molar-refractivity contribution in [2.24, 2.45) is 11.8 Å². The van der Waals surface area contributed by atoms with Gasteiger partial charge in [0.1, 0.15) is 5.78 Å². The predicted octanol–water partition coefficient (Wildman–Crippen LogP) is 3.12. The molecule has 0 unspecified atom stereocenters. The van der Waals surface area contributed by atoms with E-state index >= 15 is 0 Å². The first-order valence-electron chi connectivity index (χ1n) is 6.70. The van der Waals surface area contributed by atoms with Crippen molar-refractivity contribution in [3.8, 4) is 0 Å². The Morgan fingerprint density at radius 1 is 1.06 bits per heavy atom. The fourth-order valence-electron chi connectivity index (χ4n) is 2.45. The van der Waals surface area contributed by atoms with Gasteiger partial charge in [0.05, 0.1) is 13.5 Å². The van der Waals surface area contributed by atoms with E-state index in [0.717, 1.165) is 18.3 Å². The van der Waals surface area contributed by atoms with Crippen LogP contribution in [0.5, 0.6) is 0 Å². The first-order chi connectivity index (χ1) is 8.11. The smallest absolute Gasteiger partial charge is 0.305 e. The van der Waals surface area contributed by atoms with Crippen LogP contribution in [0.4, 0.5) is 0 Å². The van der Waals surface area contributed by atoms with Crippen molar-refractivity contribution in [1.29, 1.82) is 0 Å². The molecule has 3 heteroatoms. The number of methoxy groups -OCH3 is 1. The van der Waals surface area contributed by atoms with E-state index in [0.29, 0.717) is 12.8 Å². The van der Waals surface area contributed by atoms with Crippen LogP contribution in [-0.4, -0.2) is 18.9 Å². The molecule has 0 radical (unpaired) electrons. The number of carbonyl (C=O) groups is 2. The van der Waals surface area contributed by atoms with Gasteiger partial charge in [0.2, 0.25) is 0 Å². The minimum Gasteiger partial charge on any atom is -0.469 e. The average Bonchev–Trinajstić information content (AvgIpc) is 2.35. The van der Waals surface area contributed by atoms with E-state index in [1.54, 1.807) is 0 Å². The van der Waals surface area contributed by atoms with Gasteiger partial charge in [-0.1, -0.05) is 32.6 Å². The Morgan fingerprint density at radius 2 is 1.71 bits per heavy atom. The van der Waals surface area contributed by atoms with Crippen LogP contribution in [0, 0.1) is 11.8 Å². The van der Waals surface area contributed by atoms with Gasteiger partial charge in [0.25, 0.3) is 0 Å². The van der Waals surface area contributed by atoms with Crippen LogP contribution in [0.15, 0.2) is 0 Å². The molecule has 0 aromatic rings. The van der Waals surface area contributed by atoms with Crippen molar-refractivity contribution in [2.45, 2.75) is 58.3 Å². The van der Waals surface area contributed by atoms with Gasteiger partial charge in [-0.2, -0.15) is 0 Å². The quantitative estimate of drug-likeness (QED) is 0.670. The average molecular weight is 240 g/mol. The molecule has 0 heterocycles. The summed E-state index contributed by atoms with van der Waals surface area (Å²) in [6, 6.07) is 0. The molecule has 0 aromatic heterocycles. The fourth-order valence-corrected chi connectivity index (χ4v) is 2.45. The van der Waals surface area contributed by atoms with Gasteiger partial charge in [-0.05, 0) is 18.3 Å². The highest BCUT2D eigenvalue weighted by Gasteiger charge is 2.19. The molecule has 98 valence electrons. The van der Waals surface area contributed by atoms with Gasteiger partial charge >= 0.3 is 5.97 Å². The molecular formula is C14H24O3. The van der Waals surface area contributed by atoms with Crippen molar-refractivity contribution in [1.82, 2.24) is 0 Å². The molecule has 17 heavy (non-hydrogen) atoms. The third-order valence-electron chi connectivity index (χ3n) is 3.80.